The molecule has 0 atom stereocenters. The van der Waals surface area contributed by atoms with Crippen LogP contribution in [0.3, 0.4) is 0 Å². The molecular formula is C24H28N2O3. The van der Waals surface area contributed by atoms with Gasteiger partial charge in [0, 0.05) is 24.2 Å². The van der Waals surface area contributed by atoms with E-state index in [1.54, 1.807) is 0 Å². The second kappa shape index (κ2) is 8.68. The molecule has 0 unspecified atom stereocenters. The van der Waals surface area contributed by atoms with Gasteiger partial charge in [-0.25, -0.2) is 0 Å². The van der Waals surface area contributed by atoms with Crippen LogP contribution in [0.5, 0.6) is 5.75 Å². The van der Waals surface area contributed by atoms with Crippen molar-refractivity contribution in [3.05, 3.63) is 65.2 Å². The first-order chi connectivity index (χ1) is 14.1. The highest BCUT2D eigenvalue weighted by molar-refractivity contribution is 5.94. The Labute approximate surface area is 172 Å². The summed E-state index contributed by atoms with van der Waals surface area (Å²) < 4.78 is 5.84. The molecule has 2 saturated carbocycles. The molecule has 0 aromatic heterocycles. The molecule has 2 aromatic carbocycles. The van der Waals surface area contributed by atoms with Crippen molar-refractivity contribution >= 4 is 11.8 Å². The maximum absolute atomic E-state index is 12.8. The summed E-state index contributed by atoms with van der Waals surface area (Å²) in [5.41, 5.74) is 2.81. The van der Waals surface area contributed by atoms with Crippen LogP contribution >= 0.6 is 0 Å². The Morgan fingerprint density at radius 1 is 1.03 bits per heavy atom. The van der Waals surface area contributed by atoms with Crippen molar-refractivity contribution in [1.82, 2.24) is 10.2 Å². The van der Waals surface area contributed by atoms with E-state index in [1.807, 2.05) is 53.4 Å². The fraction of sp³-hybridized carbons (Fsp3) is 0.417. The maximum atomic E-state index is 12.8. The first-order valence-corrected chi connectivity index (χ1v) is 10.5. The smallest absolute Gasteiger partial charge is 0.261 e. The monoisotopic (exact) mass is 392 g/mol. The van der Waals surface area contributed by atoms with Gasteiger partial charge in [-0.2, -0.15) is 0 Å². The summed E-state index contributed by atoms with van der Waals surface area (Å²) in [4.78, 5) is 26.9. The summed E-state index contributed by atoms with van der Waals surface area (Å²) in [7, 11) is 0. The van der Waals surface area contributed by atoms with Gasteiger partial charge in [0.25, 0.3) is 11.8 Å². The zero-order valence-electron chi connectivity index (χ0n) is 16.9. The van der Waals surface area contributed by atoms with Crippen molar-refractivity contribution < 1.29 is 14.3 Å². The van der Waals surface area contributed by atoms with E-state index >= 15 is 0 Å². The van der Waals surface area contributed by atoms with Gasteiger partial charge in [-0.3, -0.25) is 9.59 Å². The molecule has 0 radical (unpaired) electrons. The van der Waals surface area contributed by atoms with E-state index in [0.29, 0.717) is 24.2 Å². The van der Waals surface area contributed by atoms with E-state index < -0.39 is 0 Å². The summed E-state index contributed by atoms with van der Waals surface area (Å²) in [6.07, 6.45) is 5.11. The molecule has 4 rings (SSSR count). The maximum Gasteiger partial charge on any atom is 0.261 e. The fourth-order valence-electron chi connectivity index (χ4n) is 3.42. The van der Waals surface area contributed by atoms with Crippen molar-refractivity contribution in [2.45, 2.75) is 57.7 Å². The third-order valence-electron chi connectivity index (χ3n) is 5.49. The highest BCUT2D eigenvalue weighted by atomic mass is 16.5. The molecule has 29 heavy (non-hydrogen) atoms. The molecule has 152 valence electrons. The van der Waals surface area contributed by atoms with Crippen molar-refractivity contribution in [3.8, 4) is 5.75 Å². The third-order valence-corrected chi connectivity index (χ3v) is 5.49. The molecule has 2 amide bonds. The minimum absolute atomic E-state index is 0.00830. The molecule has 0 spiro atoms. The number of nitrogens with one attached hydrogen (secondary N) is 1. The van der Waals surface area contributed by atoms with Crippen molar-refractivity contribution in [2.75, 3.05) is 6.61 Å². The molecule has 1 N–H and O–H groups in total. The summed E-state index contributed by atoms with van der Waals surface area (Å²) in [5, 5.41) is 3.00. The van der Waals surface area contributed by atoms with E-state index in [0.717, 1.165) is 49.0 Å². The molecule has 2 fully saturated rings. The van der Waals surface area contributed by atoms with Crippen LogP contribution in [0.15, 0.2) is 48.5 Å². The first-order valence-electron chi connectivity index (χ1n) is 10.5. The van der Waals surface area contributed by atoms with Crippen molar-refractivity contribution in [1.29, 1.82) is 0 Å². The zero-order valence-corrected chi connectivity index (χ0v) is 16.9. The quantitative estimate of drug-likeness (QED) is 0.708. The van der Waals surface area contributed by atoms with Crippen molar-refractivity contribution in [2.24, 2.45) is 0 Å². The number of hydrogen-bond donors (Lipinski definition) is 1. The third kappa shape index (κ3) is 5.17. The van der Waals surface area contributed by atoms with Crippen LogP contribution in [-0.4, -0.2) is 35.4 Å². The van der Waals surface area contributed by atoms with Crippen LogP contribution in [0.1, 0.15) is 54.1 Å². The second-order valence-electron chi connectivity index (χ2n) is 7.95. The van der Waals surface area contributed by atoms with Crippen molar-refractivity contribution in [3.63, 3.8) is 0 Å². The molecule has 5 heteroatoms. The lowest BCUT2D eigenvalue weighted by molar-refractivity contribution is -0.134. The SMILES string of the molecule is CCc1ccccc1OCC(=O)N(Cc1ccc(C(=O)NC2CC2)cc1)C1CC1. The Bertz CT molecular complexity index is 870. The lowest BCUT2D eigenvalue weighted by atomic mass is 10.1. The average Bonchev–Trinajstić information content (AvgIpc) is 3.66. The largest absolute Gasteiger partial charge is 0.483 e. The van der Waals surface area contributed by atoms with Gasteiger partial charge < -0.3 is 15.0 Å². The summed E-state index contributed by atoms with van der Waals surface area (Å²) in [5.74, 6) is 0.774. The first kappa shape index (κ1) is 19.5. The molecular weight excluding hydrogens is 364 g/mol. The molecule has 0 saturated heterocycles. The van der Waals surface area contributed by atoms with E-state index in [4.69, 9.17) is 4.74 Å². The summed E-state index contributed by atoms with van der Waals surface area (Å²) in [6.45, 7) is 2.68. The van der Waals surface area contributed by atoms with Gasteiger partial charge in [0.2, 0.25) is 0 Å². The Balaban J connectivity index is 1.36. The Morgan fingerprint density at radius 3 is 2.41 bits per heavy atom. The standard InChI is InChI=1S/C24H28N2O3/c1-2-18-5-3-4-6-22(18)29-16-23(27)26(21-13-14-21)15-17-7-9-19(10-8-17)24(28)25-20-11-12-20/h3-10,20-21H,2,11-16H2,1H3,(H,25,28). The van der Waals surface area contributed by atoms with E-state index in [9.17, 15) is 9.59 Å². The number of para-hydroxylation sites is 1. The summed E-state index contributed by atoms with van der Waals surface area (Å²) >= 11 is 0. The van der Waals surface area contributed by atoms with Crippen LogP contribution in [0.25, 0.3) is 0 Å². The second-order valence-corrected chi connectivity index (χ2v) is 7.95. The van der Waals surface area contributed by atoms with E-state index in [1.165, 1.54) is 0 Å². The normalized spacial score (nSPS) is 15.6. The van der Waals surface area contributed by atoms with Gasteiger partial charge in [0.05, 0.1) is 0 Å². The highest BCUT2D eigenvalue weighted by Crippen LogP contribution is 2.29. The van der Waals surface area contributed by atoms with Crippen LogP contribution in [-0.2, 0) is 17.8 Å². The van der Waals surface area contributed by atoms with Gasteiger partial charge in [0.15, 0.2) is 6.61 Å². The number of nitrogens with zero attached hydrogens (tertiary/aromatic N) is 1. The minimum Gasteiger partial charge on any atom is -0.483 e. The molecule has 2 aliphatic carbocycles. The van der Waals surface area contributed by atoms with Crippen LogP contribution in [0, 0.1) is 0 Å². The van der Waals surface area contributed by atoms with E-state index in [-0.39, 0.29) is 18.4 Å². The number of amides is 2. The summed E-state index contributed by atoms with van der Waals surface area (Å²) in [6, 6.07) is 16.1. The number of aryl methyl sites for hydroxylation is 1. The number of benzene rings is 2. The number of carbonyl (C=O) groups excluding carboxylic acids is 2. The predicted octanol–water partition coefficient (Wildman–Crippen LogP) is 3.71. The van der Waals surface area contributed by atoms with Gasteiger partial charge in [-0.15, -0.1) is 0 Å². The topological polar surface area (TPSA) is 58.6 Å². The highest BCUT2D eigenvalue weighted by Gasteiger charge is 2.32. The van der Waals surface area contributed by atoms with Crippen LogP contribution < -0.4 is 10.1 Å². The Hall–Kier alpha value is -2.82. The molecule has 0 aliphatic heterocycles. The predicted molar refractivity (Wildman–Crippen MR) is 112 cm³/mol. The number of hydrogen-bond acceptors (Lipinski definition) is 3. The molecule has 0 heterocycles. The lowest BCUT2D eigenvalue weighted by Crippen LogP contribution is -2.36. The van der Waals surface area contributed by atoms with Gasteiger partial charge in [0.1, 0.15) is 5.75 Å². The number of rotatable bonds is 9. The molecule has 0 bridgehead atoms. The fourth-order valence-corrected chi connectivity index (χ4v) is 3.42. The van der Waals surface area contributed by atoms with Gasteiger partial charge in [-0.05, 0) is 61.4 Å². The number of ether oxygens (including phenoxy) is 1. The molecule has 2 aliphatic rings. The molecule has 2 aromatic rings. The molecule has 5 nitrogen and oxygen atoms in total. The Kier molecular flexibility index (Phi) is 5.84. The van der Waals surface area contributed by atoms with Crippen LogP contribution in [0.4, 0.5) is 0 Å². The van der Waals surface area contributed by atoms with Crippen LogP contribution in [0.2, 0.25) is 0 Å². The zero-order chi connectivity index (χ0) is 20.2. The minimum atomic E-state index is -0.0165. The van der Waals surface area contributed by atoms with Gasteiger partial charge in [-0.1, -0.05) is 37.3 Å². The lowest BCUT2D eigenvalue weighted by Gasteiger charge is -2.23. The average molecular weight is 392 g/mol. The Morgan fingerprint density at radius 2 is 1.76 bits per heavy atom. The van der Waals surface area contributed by atoms with E-state index in [2.05, 4.69) is 12.2 Å². The van der Waals surface area contributed by atoms with Gasteiger partial charge >= 0.3 is 0 Å². The number of carbonyl (C=O) groups is 2.